The first kappa shape index (κ1) is 13.6. The zero-order valence-corrected chi connectivity index (χ0v) is 12.6. The molecule has 4 fully saturated rings. The number of piperazine rings is 1. The first-order valence-electron chi connectivity index (χ1n) is 8.54. The van der Waals surface area contributed by atoms with Gasteiger partial charge in [-0.3, -0.25) is 14.5 Å². The van der Waals surface area contributed by atoms with Gasteiger partial charge in [0.05, 0.1) is 6.54 Å². The van der Waals surface area contributed by atoms with E-state index in [1.54, 1.807) is 0 Å². The second kappa shape index (κ2) is 4.97. The smallest absolute Gasteiger partial charge is 0.249 e. The van der Waals surface area contributed by atoms with Crippen LogP contribution in [-0.4, -0.2) is 58.9 Å². The molecule has 1 spiro atoms. The predicted octanol–water partition coefficient (Wildman–Crippen LogP) is 0.884. The fourth-order valence-corrected chi connectivity index (χ4v) is 4.44. The maximum Gasteiger partial charge on any atom is 0.249 e. The van der Waals surface area contributed by atoms with E-state index in [9.17, 15) is 9.59 Å². The van der Waals surface area contributed by atoms with E-state index >= 15 is 0 Å². The van der Waals surface area contributed by atoms with Gasteiger partial charge in [-0.05, 0) is 32.1 Å². The molecular formula is C16H25N3O2. The second-order valence-electron chi connectivity index (χ2n) is 7.29. The molecule has 1 N–H and O–H groups in total. The zero-order chi connectivity index (χ0) is 14.4. The first-order chi connectivity index (χ1) is 10.2. The van der Waals surface area contributed by atoms with E-state index in [2.05, 4.69) is 10.2 Å². The molecule has 2 aliphatic carbocycles. The van der Waals surface area contributed by atoms with Crippen molar-refractivity contribution in [3.05, 3.63) is 0 Å². The molecule has 2 saturated heterocycles. The number of nitrogens with zero attached hydrogens (tertiary/aromatic N) is 2. The minimum Gasteiger partial charge on any atom is -0.340 e. The highest BCUT2D eigenvalue weighted by Gasteiger charge is 2.50. The quantitative estimate of drug-likeness (QED) is 0.822. The van der Waals surface area contributed by atoms with Crippen LogP contribution in [0.1, 0.15) is 51.4 Å². The Morgan fingerprint density at radius 2 is 1.76 bits per heavy atom. The Morgan fingerprint density at radius 3 is 2.48 bits per heavy atom. The third-order valence-electron chi connectivity index (χ3n) is 5.77. The van der Waals surface area contributed by atoms with E-state index in [1.165, 1.54) is 19.3 Å². The summed E-state index contributed by atoms with van der Waals surface area (Å²) in [6.45, 7) is 2.33. The van der Waals surface area contributed by atoms with Crippen LogP contribution in [0.25, 0.3) is 0 Å². The summed E-state index contributed by atoms with van der Waals surface area (Å²) in [5.41, 5.74) is -0.569. The lowest BCUT2D eigenvalue weighted by Crippen LogP contribution is -2.69. The molecule has 2 heterocycles. The fraction of sp³-hybridized carbons (Fsp3) is 0.875. The van der Waals surface area contributed by atoms with Crippen molar-refractivity contribution >= 4 is 11.8 Å². The van der Waals surface area contributed by atoms with Crippen LogP contribution < -0.4 is 5.32 Å². The van der Waals surface area contributed by atoms with Crippen molar-refractivity contribution in [3.63, 3.8) is 0 Å². The molecule has 2 saturated carbocycles. The van der Waals surface area contributed by atoms with Crippen molar-refractivity contribution in [2.45, 2.75) is 69.0 Å². The average molecular weight is 291 g/mol. The van der Waals surface area contributed by atoms with Gasteiger partial charge in [0, 0.05) is 25.2 Å². The number of likely N-dealkylation sites (tertiary alicyclic amines) is 1. The molecule has 0 aromatic rings. The Kier molecular flexibility index (Phi) is 3.21. The van der Waals surface area contributed by atoms with Crippen LogP contribution in [0, 0.1) is 0 Å². The number of carbonyl (C=O) groups excluding carboxylic acids is 2. The average Bonchev–Trinajstić information content (AvgIpc) is 3.22. The maximum atomic E-state index is 13.0. The third kappa shape index (κ3) is 2.35. The standard InChI is InChI=1S/C16H25N3O2/c20-14-11-19(13-6-9-18(10-13)12-4-5-12)15(21)16(17-14)7-2-1-3-8-16/h12-13H,1-11H2,(H,17,20). The van der Waals surface area contributed by atoms with Crippen molar-refractivity contribution in [1.29, 1.82) is 0 Å². The molecule has 2 amide bonds. The fourth-order valence-electron chi connectivity index (χ4n) is 4.44. The van der Waals surface area contributed by atoms with Gasteiger partial charge in [0.1, 0.15) is 5.54 Å². The Labute approximate surface area is 126 Å². The summed E-state index contributed by atoms with van der Waals surface area (Å²) >= 11 is 0. The number of hydrogen-bond acceptors (Lipinski definition) is 3. The van der Waals surface area contributed by atoms with Crippen LogP contribution in [0.3, 0.4) is 0 Å². The summed E-state index contributed by atoms with van der Waals surface area (Å²) in [6, 6.07) is 1.01. The molecule has 0 bridgehead atoms. The number of carbonyl (C=O) groups is 2. The molecule has 0 aromatic heterocycles. The van der Waals surface area contributed by atoms with Gasteiger partial charge in [-0.25, -0.2) is 0 Å². The Morgan fingerprint density at radius 1 is 1.00 bits per heavy atom. The van der Waals surface area contributed by atoms with E-state index in [-0.39, 0.29) is 24.4 Å². The number of hydrogen-bond donors (Lipinski definition) is 1. The Balaban J connectivity index is 1.51. The van der Waals surface area contributed by atoms with Crippen molar-refractivity contribution in [3.8, 4) is 0 Å². The van der Waals surface area contributed by atoms with Gasteiger partial charge in [0.15, 0.2) is 0 Å². The lowest BCUT2D eigenvalue weighted by Gasteiger charge is -2.46. The van der Waals surface area contributed by atoms with Crippen LogP contribution in [0.4, 0.5) is 0 Å². The molecule has 4 aliphatic rings. The van der Waals surface area contributed by atoms with Gasteiger partial charge in [-0.1, -0.05) is 19.3 Å². The minimum absolute atomic E-state index is 0.0429. The number of amides is 2. The number of nitrogens with one attached hydrogen (secondary N) is 1. The molecular weight excluding hydrogens is 266 g/mol. The van der Waals surface area contributed by atoms with Crippen molar-refractivity contribution in [2.75, 3.05) is 19.6 Å². The SMILES string of the molecule is O=C1CN(C2CCN(C3CC3)C2)C(=O)C2(CCCCC2)N1. The first-order valence-corrected chi connectivity index (χ1v) is 8.54. The second-order valence-corrected chi connectivity index (χ2v) is 7.29. The van der Waals surface area contributed by atoms with Gasteiger partial charge in [-0.2, -0.15) is 0 Å². The topological polar surface area (TPSA) is 52.7 Å². The zero-order valence-electron chi connectivity index (χ0n) is 12.6. The van der Waals surface area contributed by atoms with E-state index in [4.69, 9.17) is 0 Å². The molecule has 0 radical (unpaired) electrons. The molecule has 5 heteroatoms. The van der Waals surface area contributed by atoms with Crippen molar-refractivity contribution in [2.24, 2.45) is 0 Å². The van der Waals surface area contributed by atoms with Gasteiger partial charge < -0.3 is 10.2 Å². The van der Waals surface area contributed by atoms with Crippen molar-refractivity contribution < 1.29 is 9.59 Å². The largest absolute Gasteiger partial charge is 0.340 e. The van der Waals surface area contributed by atoms with Crippen LogP contribution in [0.5, 0.6) is 0 Å². The highest BCUT2D eigenvalue weighted by atomic mass is 16.2. The lowest BCUT2D eigenvalue weighted by atomic mass is 9.79. The third-order valence-corrected chi connectivity index (χ3v) is 5.77. The van der Waals surface area contributed by atoms with Crippen LogP contribution in [0.2, 0.25) is 0 Å². The van der Waals surface area contributed by atoms with E-state index < -0.39 is 5.54 Å². The highest BCUT2D eigenvalue weighted by Crippen LogP contribution is 2.35. The van der Waals surface area contributed by atoms with Gasteiger partial charge in [0.2, 0.25) is 11.8 Å². The molecule has 0 aromatic carbocycles. The lowest BCUT2D eigenvalue weighted by molar-refractivity contribution is -0.153. The molecule has 5 nitrogen and oxygen atoms in total. The number of rotatable bonds is 2. The van der Waals surface area contributed by atoms with Crippen LogP contribution in [-0.2, 0) is 9.59 Å². The molecule has 1 atom stereocenters. The van der Waals surface area contributed by atoms with E-state index in [0.29, 0.717) is 0 Å². The summed E-state index contributed by atoms with van der Waals surface area (Å²) in [6.07, 6.45) is 8.60. The molecule has 21 heavy (non-hydrogen) atoms. The van der Waals surface area contributed by atoms with Crippen LogP contribution in [0.15, 0.2) is 0 Å². The Bertz CT molecular complexity index is 454. The van der Waals surface area contributed by atoms with Gasteiger partial charge in [-0.15, -0.1) is 0 Å². The van der Waals surface area contributed by atoms with Crippen molar-refractivity contribution in [1.82, 2.24) is 15.1 Å². The van der Waals surface area contributed by atoms with E-state index in [1.807, 2.05) is 4.90 Å². The van der Waals surface area contributed by atoms with Crippen LogP contribution >= 0.6 is 0 Å². The monoisotopic (exact) mass is 291 g/mol. The predicted molar refractivity (Wildman–Crippen MR) is 78.7 cm³/mol. The summed E-state index contributed by atoms with van der Waals surface area (Å²) in [5.74, 6) is 0.241. The normalized spacial score (nSPS) is 33.5. The molecule has 1 unspecified atom stereocenters. The summed E-state index contributed by atoms with van der Waals surface area (Å²) in [7, 11) is 0. The highest BCUT2D eigenvalue weighted by molar-refractivity contribution is 5.98. The summed E-state index contributed by atoms with van der Waals surface area (Å²) in [4.78, 5) is 29.6. The van der Waals surface area contributed by atoms with Gasteiger partial charge >= 0.3 is 0 Å². The summed E-state index contributed by atoms with van der Waals surface area (Å²) in [5, 5.41) is 3.04. The van der Waals surface area contributed by atoms with Gasteiger partial charge in [0.25, 0.3) is 0 Å². The molecule has 4 rings (SSSR count). The van der Waals surface area contributed by atoms with E-state index in [0.717, 1.165) is 51.2 Å². The minimum atomic E-state index is -0.569. The molecule has 2 aliphatic heterocycles. The maximum absolute atomic E-state index is 13.0. The molecule has 116 valence electrons. The summed E-state index contributed by atoms with van der Waals surface area (Å²) < 4.78 is 0. The Hall–Kier alpha value is -1.10.